The van der Waals surface area contributed by atoms with E-state index in [1.54, 1.807) is 48.5 Å². The summed E-state index contributed by atoms with van der Waals surface area (Å²) in [6.07, 6.45) is 0. The Morgan fingerprint density at radius 2 is 0.974 bits per heavy atom. The van der Waals surface area contributed by atoms with Gasteiger partial charge in [0.15, 0.2) is 0 Å². The number of carbonyl (C=O) groups is 5. The van der Waals surface area contributed by atoms with E-state index >= 15 is 0 Å². The van der Waals surface area contributed by atoms with Crippen LogP contribution in [0.1, 0.15) is 42.2 Å². The van der Waals surface area contributed by atoms with Gasteiger partial charge in [-0.1, -0.05) is 24.3 Å². The summed E-state index contributed by atoms with van der Waals surface area (Å²) in [7, 11) is 0. The van der Waals surface area contributed by atoms with Crippen molar-refractivity contribution in [1.82, 2.24) is 10.6 Å². The Labute approximate surface area is 233 Å². The van der Waals surface area contributed by atoms with E-state index in [1.165, 1.54) is 18.2 Å². The van der Waals surface area contributed by atoms with Crippen LogP contribution in [0.2, 0.25) is 0 Å². The normalized spacial score (nSPS) is 10.3. The average Bonchev–Trinajstić information content (AvgIpc) is 2.94. The van der Waals surface area contributed by atoms with Gasteiger partial charge in [-0.15, -0.1) is 23.2 Å². The third-order valence-electron chi connectivity index (χ3n) is 5.35. The van der Waals surface area contributed by atoms with Gasteiger partial charge in [-0.2, -0.15) is 0 Å². The van der Waals surface area contributed by atoms with Gasteiger partial charge in [-0.3, -0.25) is 19.2 Å². The number of hydrogen-bond acceptors (Lipinski definition) is 5. The Kier molecular flexibility index (Phi) is 10.4. The van der Waals surface area contributed by atoms with Crippen LogP contribution in [0.4, 0.5) is 11.4 Å². The first-order valence-electron chi connectivity index (χ1n) is 11.5. The molecule has 3 aromatic rings. The predicted molar refractivity (Wildman–Crippen MR) is 147 cm³/mol. The summed E-state index contributed by atoms with van der Waals surface area (Å²) in [5.41, 5.74) is 2.32. The summed E-state index contributed by atoms with van der Waals surface area (Å²) < 4.78 is 0. The SMILES string of the molecule is O=C(CCl)NCc1ccc(C(=O)Nc2cc(NC(=O)c3ccc(CNC(=O)CCl)cc3)cc(C(=O)O)c2)cc1. The second-order valence-corrected chi connectivity index (χ2v) is 8.76. The molecule has 3 aromatic carbocycles. The molecule has 0 spiro atoms. The molecule has 0 aliphatic carbocycles. The van der Waals surface area contributed by atoms with Crippen molar-refractivity contribution in [2.75, 3.05) is 22.4 Å². The molecule has 39 heavy (non-hydrogen) atoms. The van der Waals surface area contributed by atoms with Gasteiger partial charge in [0.25, 0.3) is 11.8 Å². The van der Waals surface area contributed by atoms with E-state index in [0.717, 1.165) is 11.1 Å². The predicted octanol–water partition coefficient (Wildman–Crippen LogP) is 3.60. The Balaban J connectivity index is 1.69. The fourth-order valence-corrected chi connectivity index (χ4v) is 3.53. The molecule has 0 unspecified atom stereocenters. The van der Waals surface area contributed by atoms with Gasteiger partial charge in [-0.05, 0) is 53.6 Å². The number of alkyl halides is 2. The number of aromatic carboxylic acids is 1. The molecule has 0 aliphatic rings. The monoisotopic (exact) mass is 570 g/mol. The maximum atomic E-state index is 12.8. The molecular weight excluding hydrogens is 547 g/mol. The number of halogens is 2. The highest BCUT2D eigenvalue weighted by atomic mass is 35.5. The summed E-state index contributed by atoms with van der Waals surface area (Å²) in [5, 5.41) is 20.0. The number of benzene rings is 3. The Hall–Kier alpha value is -4.41. The number of carbonyl (C=O) groups excluding carboxylic acids is 4. The number of amides is 4. The number of hydrogen-bond donors (Lipinski definition) is 5. The average molecular weight is 571 g/mol. The van der Waals surface area contributed by atoms with Gasteiger partial charge in [0.1, 0.15) is 11.8 Å². The molecule has 0 aromatic heterocycles. The number of anilines is 2. The zero-order chi connectivity index (χ0) is 28.4. The van der Waals surface area contributed by atoms with Crippen LogP contribution in [0.15, 0.2) is 66.7 Å². The van der Waals surface area contributed by atoms with Crippen LogP contribution in [0, 0.1) is 0 Å². The van der Waals surface area contributed by atoms with Crippen molar-refractivity contribution < 1.29 is 29.1 Å². The Morgan fingerprint density at radius 1 is 0.590 bits per heavy atom. The summed E-state index contributed by atoms with van der Waals surface area (Å²) in [4.78, 5) is 59.7. The standard InChI is InChI=1S/C27H24Cl2N4O6/c28-12-23(34)30-14-16-1-5-18(6-2-16)25(36)32-21-9-20(27(38)39)10-22(11-21)33-26(37)19-7-3-17(4-8-19)15-31-24(35)13-29/h1-11H,12-15H2,(H,30,34)(H,31,35)(H,32,36)(H,33,37)(H,38,39). The van der Waals surface area contributed by atoms with Crippen LogP contribution in [-0.2, 0) is 22.7 Å². The van der Waals surface area contributed by atoms with E-state index in [1.807, 2.05) is 0 Å². The lowest BCUT2D eigenvalue weighted by Crippen LogP contribution is -2.23. The minimum Gasteiger partial charge on any atom is -0.478 e. The lowest BCUT2D eigenvalue weighted by Gasteiger charge is -2.12. The highest BCUT2D eigenvalue weighted by Gasteiger charge is 2.14. The molecule has 202 valence electrons. The van der Waals surface area contributed by atoms with Gasteiger partial charge in [-0.25, -0.2) is 4.79 Å². The first-order valence-corrected chi connectivity index (χ1v) is 12.6. The van der Waals surface area contributed by atoms with Gasteiger partial charge in [0, 0.05) is 35.6 Å². The summed E-state index contributed by atoms with van der Waals surface area (Å²) in [6.45, 7) is 0.509. The fraction of sp³-hybridized carbons (Fsp3) is 0.148. The van der Waals surface area contributed by atoms with Gasteiger partial charge < -0.3 is 26.4 Å². The molecule has 0 fully saturated rings. The van der Waals surface area contributed by atoms with Gasteiger partial charge in [0.05, 0.1) is 5.56 Å². The van der Waals surface area contributed by atoms with Crippen LogP contribution in [0.3, 0.4) is 0 Å². The van der Waals surface area contributed by atoms with Crippen LogP contribution in [-0.4, -0.2) is 46.5 Å². The van der Waals surface area contributed by atoms with E-state index < -0.39 is 17.8 Å². The number of rotatable bonds is 11. The van der Waals surface area contributed by atoms with Crippen LogP contribution in [0.25, 0.3) is 0 Å². The number of carboxylic acid groups (broad SMARTS) is 1. The molecule has 3 rings (SSSR count). The van der Waals surface area contributed by atoms with Gasteiger partial charge >= 0.3 is 5.97 Å². The van der Waals surface area contributed by atoms with E-state index in [2.05, 4.69) is 21.3 Å². The number of carboxylic acids is 1. The topological polar surface area (TPSA) is 154 Å². The molecule has 0 heterocycles. The van der Waals surface area contributed by atoms with Crippen LogP contribution >= 0.6 is 23.2 Å². The number of nitrogens with one attached hydrogen (secondary N) is 4. The highest BCUT2D eigenvalue weighted by molar-refractivity contribution is 6.27. The van der Waals surface area contributed by atoms with Crippen molar-refractivity contribution in [2.45, 2.75) is 13.1 Å². The molecule has 5 N–H and O–H groups in total. The lowest BCUT2D eigenvalue weighted by atomic mass is 10.1. The van der Waals surface area contributed by atoms with Crippen molar-refractivity contribution in [3.63, 3.8) is 0 Å². The minimum absolute atomic E-state index is 0.140. The molecule has 10 nitrogen and oxygen atoms in total. The molecular formula is C27H24Cl2N4O6. The first kappa shape index (κ1) is 29.2. The zero-order valence-corrected chi connectivity index (χ0v) is 21.9. The highest BCUT2D eigenvalue weighted by Crippen LogP contribution is 2.21. The molecule has 0 aliphatic heterocycles. The molecule has 0 bridgehead atoms. The smallest absolute Gasteiger partial charge is 0.335 e. The summed E-state index contributed by atoms with van der Waals surface area (Å²) >= 11 is 10.9. The third-order valence-corrected chi connectivity index (χ3v) is 5.84. The van der Waals surface area contributed by atoms with Crippen molar-refractivity contribution in [2.24, 2.45) is 0 Å². The Morgan fingerprint density at radius 3 is 1.31 bits per heavy atom. The quantitative estimate of drug-likeness (QED) is 0.222. The fourth-order valence-electron chi connectivity index (χ4n) is 3.35. The minimum atomic E-state index is -1.24. The van der Waals surface area contributed by atoms with Gasteiger partial charge in [0.2, 0.25) is 11.8 Å². The molecule has 0 saturated carbocycles. The van der Waals surface area contributed by atoms with E-state index in [4.69, 9.17) is 23.2 Å². The van der Waals surface area contributed by atoms with Crippen LogP contribution < -0.4 is 21.3 Å². The Bertz CT molecular complexity index is 1280. The van der Waals surface area contributed by atoms with Crippen molar-refractivity contribution in [3.8, 4) is 0 Å². The van der Waals surface area contributed by atoms with E-state index in [9.17, 15) is 29.1 Å². The third kappa shape index (κ3) is 8.84. The zero-order valence-electron chi connectivity index (χ0n) is 20.4. The van der Waals surface area contributed by atoms with E-state index in [-0.39, 0.29) is 53.6 Å². The maximum absolute atomic E-state index is 12.8. The lowest BCUT2D eigenvalue weighted by molar-refractivity contribution is -0.119. The maximum Gasteiger partial charge on any atom is 0.335 e. The summed E-state index contributed by atoms with van der Waals surface area (Å²) in [5.74, 6) is -3.17. The van der Waals surface area contributed by atoms with Crippen molar-refractivity contribution in [1.29, 1.82) is 0 Å². The molecule has 4 amide bonds. The largest absolute Gasteiger partial charge is 0.478 e. The van der Waals surface area contributed by atoms with E-state index in [0.29, 0.717) is 11.1 Å². The van der Waals surface area contributed by atoms with Crippen molar-refractivity contribution in [3.05, 3.63) is 94.5 Å². The van der Waals surface area contributed by atoms with Crippen molar-refractivity contribution >= 4 is 64.2 Å². The second kappa shape index (κ2) is 13.9. The molecule has 0 radical (unpaired) electrons. The molecule has 0 saturated heterocycles. The first-order chi connectivity index (χ1) is 18.7. The molecule has 12 heteroatoms. The molecule has 0 atom stereocenters. The van der Waals surface area contributed by atoms with Crippen LogP contribution in [0.5, 0.6) is 0 Å². The second-order valence-electron chi connectivity index (χ2n) is 8.23. The summed E-state index contributed by atoms with van der Waals surface area (Å²) in [6, 6.07) is 16.9.